The van der Waals surface area contributed by atoms with Crippen LogP contribution in [-0.2, 0) is 11.3 Å². The Kier molecular flexibility index (Phi) is 5.60. The van der Waals surface area contributed by atoms with Crippen LogP contribution < -0.4 is 10.2 Å². The third kappa shape index (κ3) is 3.91. The Hall–Kier alpha value is -0.650. The number of hydrogen-bond donors (Lipinski definition) is 1. The summed E-state index contributed by atoms with van der Waals surface area (Å²) in [5.41, 5.74) is 0. The van der Waals surface area contributed by atoms with E-state index in [1.807, 2.05) is 6.20 Å². The van der Waals surface area contributed by atoms with E-state index in [9.17, 15) is 0 Å². The summed E-state index contributed by atoms with van der Waals surface area (Å²) in [6.07, 6.45) is 4.78. The molecule has 1 N–H and O–H groups in total. The lowest BCUT2D eigenvalue weighted by molar-refractivity contribution is -0.0101. The third-order valence-electron chi connectivity index (χ3n) is 3.64. The van der Waals surface area contributed by atoms with Gasteiger partial charge in [-0.25, -0.2) is 4.98 Å². The zero-order valence-electron chi connectivity index (χ0n) is 12.2. The highest BCUT2D eigenvalue weighted by molar-refractivity contribution is 7.15. The molecule has 0 atom stereocenters. The molecule has 1 saturated carbocycles. The van der Waals surface area contributed by atoms with Crippen molar-refractivity contribution in [3.63, 3.8) is 0 Å². The van der Waals surface area contributed by atoms with Gasteiger partial charge < -0.3 is 15.0 Å². The molecular weight excluding hydrogens is 258 g/mol. The quantitative estimate of drug-likeness (QED) is 0.796. The average molecular weight is 283 g/mol. The van der Waals surface area contributed by atoms with Crippen molar-refractivity contribution < 1.29 is 4.74 Å². The Bertz CT molecular complexity index is 373. The molecule has 108 valence electrons. The molecule has 0 aromatic carbocycles. The molecule has 1 aromatic heterocycles. The van der Waals surface area contributed by atoms with Crippen LogP contribution in [0.5, 0.6) is 0 Å². The molecule has 1 aromatic rings. The van der Waals surface area contributed by atoms with Gasteiger partial charge in [-0.05, 0) is 33.6 Å². The van der Waals surface area contributed by atoms with Gasteiger partial charge in [0.2, 0.25) is 0 Å². The zero-order chi connectivity index (χ0) is 13.7. The highest BCUT2D eigenvalue weighted by Crippen LogP contribution is 2.25. The number of rotatable bonds is 8. The van der Waals surface area contributed by atoms with Crippen LogP contribution in [0.3, 0.4) is 0 Å². The van der Waals surface area contributed by atoms with E-state index in [1.165, 1.54) is 4.88 Å². The van der Waals surface area contributed by atoms with Crippen molar-refractivity contribution in [2.45, 2.75) is 52.3 Å². The first-order valence-electron chi connectivity index (χ1n) is 7.31. The smallest absolute Gasteiger partial charge is 0.185 e. The minimum absolute atomic E-state index is 0.482. The summed E-state index contributed by atoms with van der Waals surface area (Å²) in [6.45, 7) is 10.2. The maximum absolute atomic E-state index is 5.57. The number of hydrogen-bond acceptors (Lipinski definition) is 5. The fraction of sp³-hybridized carbons (Fsp3) is 0.786. The second-order valence-corrected chi connectivity index (χ2v) is 6.00. The Morgan fingerprint density at radius 1 is 1.37 bits per heavy atom. The van der Waals surface area contributed by atoms with Gasteiger partial charge >= 0.3 is 0 Å². The first-order chi connectivity index (χ1) is 9.26. The molecular formula is C14H25N3OS. The molecule has 1 fully saturated rings. The molecule has 1 heterocycles. The molecule has 0 amide bonds. The van der Waals surface area contributed by atoms with E-state index in [0.717, 1.165) is 44.2 Å². The zero-order valence-corrected chi connectivity index (χ0v) is 13.0. The molecule has 0 radical (unpaired) electrons. The molecule has 0 spiro atoms. The maximum Gasteiger partial charge on any atom is 0.185 e. The van der Waals surface area contributed by atoms with Crippen LogP contribution in [0, 0.1) is 0 Å². The van der Waals surface area contributed by atoms with Gasteiger partial charge in [-0.15, -0.1) is 11.3 Å². The van der Waals surface area contributed by atoms with Crippen molar-refractivity contribution in [3.05, 3.63) is 11.1 Å². The molecule has 5 heteroatoms. The van der Waals surface area contributed by atoms with E-state index in [0.29, 0.717) is 12.1 Å². The molecule has 1 aliphatic carbocycles. The van der Waals surface area contributed by atoms with E-state index in [1.54, 1.807) is 11.3 Å². The van der Waals surface area contributed by atoms with Crippen molar-refractivity contribution in [3.8, 4) is 0 Å². The molecule has 4 nitrogen and oxygen atoms in total. The second kappa shape index (κ2) is 7.22. The Morgan fingerprint density at radius 3 is 2.74 bits per heavy atom. The van der Waals surface area contributed by atoms with Crippen molar-refractivity contribution >= 4 is 16.5 Å². The van der Waals surface area contributed by atoms with Gasteiger partial charge in [0.1, 0.15) is 0 Å². The van der Waals surface area contributed by atoms with Gasteiger partial charge in [0.25, 0.3) is 0 Å². The van der Waals surface area contributed by atoms with Crippen LogP contribution in [-0.4, -0.2) is 36.8 Å². The van der Waals surface area contributed by atoms with Gasteiger partial charge in [0, 0.05) is 43.4 Å². The Morgan fingerprint density at radius 2 is 2.11 bits per heavy atom. The van der Waals surface area contributed by atoms with Crippen LogP contribution in [0.1, 0.15) is 38.5 Å². The maximum atomic E-state index is 5.57. The normalized spacial score (nSPS) is 22.3. The largest absolute Gasteiger partial charge is 0.378 e. The number of nitrogens with zero attached hydrogens (tertiary/aromatic N) is 2. The van der Waals surface area contributed by atoms with Crippen molar-refractivity contribution in [2.24, 2.45) is 0 Å². The van der Waals surface area contributed by atoms with Crippen molar-refractivity contribution in [1.29, 1.82) is 0 Å². The lowest BCUT2D eigenvalue weighted by Crippen LogP contribution is -2.44. The summed E-state index contributed by atoms with van der Waals surface area (Å²) in [6, 6.07) is 0.621. The molecule has 19 heavy (non-hydrogen) atoms. The summed E-state index contributed by atoms with van der Waals surface area (Å²) in [4.78, 5) is 8.12. The Labute approximate surface area is 120 Å². The molecule has 1 aliphatic rings. The topological polar surface area (TPSA) is 37.4 Å². The van der Waals surface area contributed by atoms with Gasteiger partial charge in [-0.3, -0.25) is 0 Å². The summed E-state index contributed by atoms with van der Waals surface area (Å²) in [5, 5.41) is 4.73. The fourth-order valence-corrected chi connectivity index (χ4v) is 3.36. The van der Waals surface area contributed by atoms with E-state index < -0.39 is 0 Å². The standard InChI is InChI=1S/C14H25N3OS/c1-4-17(5-2)14-16-10-13(19-14)9-15-11-7-12(8-11)18-6-3/h10-12,15H,4-9H2,1-3H3. The van der Waals surface area contributed by atoms with Crippen LogP contribution in [0.4, 0.5) is 5.13 Å². The molecule has 0 saturated heterocycles. The minimum Gasteiger partial charge on any atom is -0.378 e. The molecule has 2 rings (SSSR count). The van der Waals surface area contributed by atoms with E-state index in [4.69, 9.17) is 4.74 Å². The van der Waals surface area contributed by atoms with Crippen molar-refractivity contribution in [1.82, 2.24) is 10.3 Å². The van der Waals surface area contributed by atoms with Crippen LogP contribution >= 0.6 is 11.3 Å². The summed E-state index contributed by atoms with van der Waals surface area (Å²) < 4.78 is 5.57. The highest BCUT2D eigenvalue weighted by atomic mass is 32.1. The van der Waals surface area contributed by atoms with E-state index in [2.05, 4.69) is 36.0 Å². The number of thiazole rings is 1. The van der Waals surface area contributed by atoms with E-state index in [-0.39, 0.29) is 0 Å². The van der Waals surface area contributed by atoms with Gasteiger partial charge in [0.05, 0.1) is 6.10 Å². The average Bonchev–Trinajstić information content (AvgIpc) is 2.82. The van der Waals surface area contributed by atoms with Crippen molar-refractivity contribution in [2.75, 3.05) is 24.6 Å². The summed E-state index contributed by atoms with van der Waals surface area (Å²) in [5.74, 6) is 0. The SMILES string of the molecule is CCOC1CC(NCc2cnc(N(CC)CC)s2)C1. The lowest BCUT2D eigenvalue weighted by atomic mass is 9.89. The van der Waals surface area contributed by atoms with Crippen LogP contribution in [0.15, 0.2) is 6.20 Å². The number of aromatic nitrogens is 1. The highest BCUT2D eigenvalue weighted by Gasteiger charge is 2.28. The van der Waals surface area contributed by atoms with Gasteiger partial charge in [-0.1, -0.05) is 0 Å². The third-order valence-corrected chi connectivity index (χ3v) is 4.70. The Balaban J connectivity index is 1.72. The fourth-order valence-electron chi connectivity index (χ4n) is 2.37. The first kappa shape index (κ1) is 14.8. The predicted octanol–water partition coefficient (Wildman–Crippen LogP) is 2.65. The van der Waals surface area contributed by atoms with Crippen LogP contribution in [0.25, 0.3) is 0 Å². The van der Waals surface area contributed by atoms with Gasteiger partial charge in [0.15, 0.2) is 5.13 Å². The summed E-state index contributed by atoms with van der Waals surface area (Å²) >= 11 is 1.80. The van der Waals surface area contributed by atoms with E-state index >= 15 is 0 Å². The monoisotopic (exact) mass is 283 g/mol. The molecule has 0 bridgehead atoms. The predicted molar refractivity (Wildman–Crippen MR) is 81.0 cm³/mol. The number of ether oxygens (including phenoxy) is 1. The lowest BCUT2D eigenvalue weighted by Gasteiger charge is -2.35. The first-order valence-corrected chi connectivity index (χ1v) is 8.13. The van der Waals surface area contributed by atoms with Crippen LogP contribution in [0.2, 0.25) is 0 Å². The second-order valence-electron chi connectivity index (χ2n) is 4.91. The number of anilines is 1. The van der Waals surface area contributed by atoms with Gasteiger partial charge in [-0.2, -0.15) is 0 Å². The molecule has 0 aliphatic heterocycles. The minimum atomic E-state index is 0.482. The summed E-state index contributed by atoms with van der Waals surface area (Å²) in [7, 11) is 0. The molecule has 0 unspecified atom stereocenters. The number of nitrogens with one attached hydrogen (secondary N) is 1.